The first kappa shape index (κ1) is 16.9. The summed E-state index contributed by atoms with van der Waals surface area (Å²) in [5, 5.41) is 19.4. The van der Waals surface area contributed by atoms with Gasteiger partial charge >= 0.3 is 0 Å². The molecule has 0 amide bonds. The zero-order valence-corrected chi connectivity index (χ0v) is 15.9. The van der Waals surface area contributed by atoms with Crippen molar-refractivity contribution in [1.29, 1.82) is 0 Å². The molecule has 0 fully saturated rings. The van der Waals surface area contributed by atoms with Crippen molar-refractivity contribution < 1.29 is 0 Å². The maximum Gasteiger partial charge on any atom is 0.207 e. The highest BCUT2D eigenvalue weighted by molar-refractivity contribution is 5.85. The van der Waals surface area contributed by atoms with Gasteiger partial charge in [0, 0.05) is 35.5 Å². The summed E-state index contributed by atoms with van der Waals surface area (Å²) >= 11 is 0. The van der Waals surface area contributed by atoms with Crippen molar-refractivity contribution in [3.8, 4) is 22.5 Å². The number of aromatic amines is 1. The van der Waals surface area contributed by atoms with Crippen molar-refractivity contribution in [1.82, 2.24) is 35.4 Å². The maximum atomic E-state index is 5.14. The maximum absolute atomic E-state index is 5.14. The van der Waals surface area contributed by atoms with Gasteiger partial charge < -0.3 is 0 Å². The molecule has 26 heavy (non-hydrogen) atoms. The van der Waals surface area contributed by atoms with E-state index in [9.17, 15) is 0 Å². The smallest absolute Gasteiger partial charge is 0.207 e. The molecule has 7 nitrogen and oxygen atoms in total. The molecule has 0 atom stereocenters. The molecule has 3 heterocycles. The van der Waals surface area contributed by atoms with Gasteiger partial charge in [0.1, 0.15) is 0 Å². The Hall–Kier alpha value is -2.57. The van der Waals surface area contributed by atoms with Crippen LogP contribution in [0.2, 0.25) is 0 Å². The van der Waals surface area contributed by atoms with Gasteiger partial charge in [-0.15, -0.1) is 10.2 Å². The number of nitrogens with zero attached hydrogens (tertiary/aromatic N) is 6. The average molecular weight is 351 g/mol. The van der Waals surface area contributed by atoms with E-state index in [2.05, 4.69) is 52.7 Å². The Morgan fingerprint density at radius 2 is 1.88 bits per heavy atom. The zero-order chi connectivity index (χ0) is 18.3. The van der Waals surface area contributed by atoms with E-state index in [-0.39, 0.29) is 5.41 Å². The first-order valence-electron chi connectivity index (χ1n) is 9.24. The molecule has 0 bridgehead atoms. The number of rotatable bonds is 2. The lowest BCUT2D eigenvalue weighted by Gasteiger charge is -2.25. The fourth-order valence-electron chi connectivity index (χ4n) is 3.82. The normalized spacial score (nSPS) is 14.9. The molecule has 4 rings (SSSR count). The van der Waals surface area contributed by atoms with Gasteiger partial charge in [-0.25, -0.2) is 0 Å². The van der Waals surface area contributed by atoms with E-state index in [0.717, 1.165) is 29.7 Å². The van der Waals surface area contributed by atoms with Crippen LogP contribution in [0, 0.1) is 0 Å². The average Bonchev–Trinajstić information content (AvgIpc) is 3.19. The largest absolute Gasteiger partial charge is 0.275 e. The topological polar surface area (TPSA) is 85.2 Å². The van der Waals surface area contributed by atoms with Crippen LogP contribution in [0.3, 0.4) is 0 Å². The Kier molecular flexibility index (Phi) is 4.09. The molecular formula is C19H25N7. The van der Waals surface area contributed by atoms with Crippen LogP contribution in [0.4, 0.5) is 0 Å². The van der Waals surface area contributed by atoms with E-state index in [1.54, 1.807) is 0 Å². The van der Waals surface area contributed by atoms with E-state index in [0.29, 0.717) is 5.82 Å². The highest BCUT2D eigenvalue weighted by Gasteiger charge is 2.30. The van der Waals surface area contributed by atoms with E-state index in [4.69, 9.17) is 4.98 Å². The number of hydrogen-bond donors (Lipinski definition) is 1. The van der Waals surface area contributed by atoms with E-state index < -0.39 is 0 Å². The van der Waals surface area contributed by atoms with Crippen LogP contribution in [0.15, 0.2) is 12.4 Å². The quantitative estimate of drug-likeness (QED) is 0.717. The van der Waals surface area contributed by atoms with Crippen LogP contribution in [0.25, 0.3) is 22.5 Å². The molecule has 3 aromatic heterocycles. The second-order valence-electron chi connectivity index (χ2n) is 8.08. The minimum absolute atomic E-state index is 0.131. The van der Waals surface area contributed by atoms with Gasteiger partial charge in [0.05, 0.1) is 17.5 Å². The molecule has 0 radical (unpaired) electrons. The number of nitrogens with one attached hydrogen (secondary N) is 1. The molecule has 7 heteroatoms. The van der Waals surface area contributed by atoms with E-state index in [1.807, 2.05) is 17.9 Å². The van der Waals surface area contributed by atoms with Crippen molar-refractivity contribution >= 4 is 0 Å². The Balaban J connectivity index is 2.11. The standard InChI is InChI=1S/C19H25N7/c1-19(2,3)17-16(18-22-24-25-23-18)15(12-10-20-26(4)11-12)13-8-6-5-7-9-14(13)21-17/h10-11H,5-9H2,1-4H3,(H,22,23,24,25). The highest BCUT2D eigenvalue weighted by atomic mass is 15.5. The second kappa shape index (κ2) is 6.30. The number of pyridine rings is 1. The van der Waals surface area contributed by atoms with Crippen molar-refractivity contribution in [3.05, 3.63) is 29.3 Å². The van der Waals surface area contributed by atoms with Crippen molar-refractivity contribution in [3.63, 3.8) is 0 Å². The Morgan fingerprint density at radius 3 is 2.54 bits per heavy atom. The highest BCUT2D eigenvalue weighted by Crippen LogP contribution is 2.42. The molecular weight excluding hydrogens is 326 g/mol. The molecule has 1 aliphatic rings. The van der Waals surface area contributed by atoms with Crippen LogP contribution < -0.4 is 0 Å². The van der Waals surface area contributed by atoms with Crippen LogP contribution >= 0.6 is 0 Å². The number of hydrogen-bond acceptors (Lipinski definition) is 5. The lowest BCUT2D eigenvalue weighted by atomic mass is 9.82. The molecule has 1 N–H and O–H groups in total. The number of aromatic nitrogens is 7. The summed E-state index contributed by atoms with van der Waals surface area (Å²) in [5.74, 6) is 0.605. The number of H-pyrrole nitrogens is 1. The third-order valence-corrected chi connectivity index (χ3v) is 5.00. The lowest BCUT2D eigenvalue weighted by Crippen LogP contribution is -2.19. The fourth-order valence-corrected chi connectivity index (χ4v) is 3.82. The van der Waals surface area contributed by atoms with Crippen molar-refractivity contribution in [2.75, 3.05) is 0 Å². The summed E-state index contributed by atoms with van der Waals surface area (Å²) in [4.78, 5) is 5.14. The number of tetrazole rings is 1. The Morgan fingerprint density at radius 1 is 1.08 bits per heavy atom. The fraction of sp³-hybridized carbons (Fsp3) is 0.526. The number of fused-ring (bicyclic) bond motifs is 1. The molecule has 0 unspecified atom stereocenters. The summed E-state index contributed by atoms with van der Waals surface area (Å²) in [6.45, 7) is 6.57. The minimum atomic E-state index is -0.131. The summed E-state index contributed by atoms with van der Waals surface area (Å²) in [6, 6.07) is 0. The van der Waals surface area contributed by atoms with E-state index in [1.165, 1.54) is 36.1 Å². The molecule has 3 aromatic rings. The lowest BCUT2D eigenvalue weighted by molar-refractivity contribution is 0.566. The molecule has 0 saturated heterocycles. The number of aryl methyl sites for hydroxylation is 2. The van der Waals surface area contributed by atoms with Gasteiger partial charge in [-0.1, -0.05) is 27.2 Å². The monoisotopic (exact) mass is 351 g/mol. The van der Waals surface area contributed by atoms with Gasteiger partial charge in [-0.3, -0.25) is 9.67 Å². The van der Waals surface area contributed by atoms with Crippen molar-refractivity contribution in [2.45, 2.75) is 58.3 Å². The summed E-state index contributed by atoms with van der Waals surface area (Å²) in [5.41, 5.74) is 6.70. The van der Waals surface area contributed by atoms with Crippen LogP contribution in [0.5, 0.6) is 0 Å². The predicted molar refractivity (Wildman–Crippen MR) is 99.6 cm³/mol. The van der Waals surface area contributed by atoms with Gasteiger partial charge in [0.25, 0.3) is 0 Å². The summed E-state index contributed by atoms with van der Waals surface area (Å²) < 4.78 is 1.84. The van der Waals surface area contributed by atoms with Gasteiger partial charge in [-0.05, 0) is 36.5 Å². The molecule has 0 spiro atoms. The Labute approximate surface area is 153 Å². The van der Waals surface area contributed by atoms with Crippen LogP contribution in [0.1, 0.15) is 57.0 Å². The summed E-state index contributed by atoms with van der Waals surface area (Å²) in [6.07, 6.45) is 9.67. The van der Waals surface area contributed by atoms with Crippen LogP contribution in [-0.2, 0) is 25.3 Å². The SMILES string of the molecule is Cn1cc(-c2c3c(nc(C(C)(C)C)c2-c2nn[nH]n2)CCCCC3)cn1. The van der Waals surface area contributed by atoms with E-state index >= 15 is 0 Å². The molecule has 136 valence electrons. The first-order valence-corrected chi connectivity index (χ1v) is 9.24. The third-order valence-electron chi connectivity index (χ3n) is 5.00. The van der Waals surface area contributed by atoms with Crippen LogP contribution in [-0.4, -0.2) is 35.4 Å². The molecule has 0 aromatic carbocycles. The molecule has 0 saturated carbocycles. The predicted octanol–water partition coefficient (Wildman–Crippen LogP) is 3.23. The first-order chi connectivity index (χ1) is 12.4. The summed E-state index contributed by atoms with van der Waals surface area (Å²) in [7, 11) is 1.95. The molecule has 1 aliphatic carbocycles. The van der Waals surface area contributed by atoms with Crippen molar-refractivity contribution in [2.24, 2.45) is 7.05 Å². The van der Waals surface area contributed by atoms with Gasteiger partial charge in [-0.2, -0.15) is 10.3 Å². The molecule has 0 aliphatic heterocycles. The Bertz CT molecular complexity index is 916. The third kappa shape index (κ3) is 2.91. The van der Waals surface area contributed by atoms with Gasteiger partial charge in [0.15, 0.2) is 0 Å². The van der Waals surface area contributed by atoms with Gasteiger partial charge in [0.2, 0.25) is 5.82 Å². The second-order valence-corrected chi connectivity index (χ2v) is 8.08. The zero-order valence-electron chi connectivity index (χ0n) is 15.9. The minimum Gasteiger partial charge on any atom is -0.275 e.